The quantitative estimate of drug-likeness (QED) is 0.508. The molecule has 1 atom stereocenters. The molecule has 0 nitrogen and oxygen atoms in total. The molecule has 0 radical (unpaired) electrons. The van der Waals surface area contributed by atoms with E-state index in [4.69, 9.17) is 0 Å². The lowest BCUT2D eigenvalue weighted by molar-refractivity contribution is 0.366. The molecule has 0 heterocycles. The van der Waals surface area contributed by atoms with Gasteiger partial charge in [0, 0.05) is 0 Å². The lowest BCUT2D eigenvalue weighted by Crippen LogP contribution is -2.06. The van der Waals surface area contributed by atoms with Crippen molar-refractivity contribution in [2.24, 2.45) is 11.8 Å². The third-order valence-corrected chi connectivity index (χ3v) is 2.15. The molecule has 0 heteroatoms. The van der Waals surface area contributed by atoms with Gasteiger partial charge in [-0.2, -0.15) is 0 Å². The van der Waals surface area contributed by atoms with E-state index in [1.54, 1.807) is 0 Å². The lowest BCUT2D eigenvalue weighted by Gasteiger charge is -2.17. The first-order valence-corrected chi connectivity index (χ1v) is 4.44. The first-order valence-electron chi connectivity index (χ1n) is 4.44. The zero-order valence-electron chi connectivity index (χ0n) is 7.84. The minimum absolute atomic E-state index is 0.771. The monoisotopic (exact) mass is 152 g/mol. The maximum Gasteiger partial charge on any atom is -0.0322 e. The largest absolute Gasteiger partial charge is 0.103 e. The van der Waals surface area contributed by atoms with Gasteiger partial charge in [0.05, 0.1) is 0 Å². The molecule has 0 bridgehead atoms. The lowest BCUT2D eigenvalue weighted by atomic mass is 9.88. The molecule has 64 valence electrons. The molecule has 0 aliphatic carbocycles. The predicted octanol–water partition coefficient (Wildman–Crippen LogP) is 3.80. The van der Waals surface area contributed by atoms with Crippen LogP contribution in [0.4, 0.5) is 0 Å². The SMILES string of the molecule is C=CCC[C@@H](CC=C)C(C)C. The number of allylic oxidation sites excluding steroid dienone is 2. The number of rotatable bonds is 6. The molecule has 0 aromatic carbocycles. The van der Waals surface area contributed by atoms with Crippen molar-refractivity contribution in [3.63, 3.8) is 0 Å². The number of hydrogen-bond acceptors (Lipinski definition) is 0. The van der Waals surface area contributed by atoms with Gasteiger partial charge >= 0.3 is 0 Å². The average Bonchev–Trinajstić information content (AvgIpc) is 1.97. The van der Waals surface area contributed by atoms with Crippen LogP contribution in [0, 0.1) is 11.8 Å². The maximum absolute atomic E-state index is 3.77. The molecule has 0 spiro atoms. The van der Waals surface area contributed by atoms with E-state index in [9.17, 15) is 0 Å². The summed E-state index contributed by atoms with van der Waals surface area (Å²) in [6.07, 6.45) is 7.56. The van der Waals surface area contributed by atoms with Crippen LogP contribution in [-0.4, -0.2) is 0 Å². The highest BCUT2D eigenvalue weighted by molar-refractivity contribution is 4.78. The van der Waals surface area contributed by atoms with Crippen LogP contribution in [0.25, 0.3) is 0 Å². The van der Waals surface area contributed by atoms with Crippen molar-refractivity contribution in [3.05, 3.63) is 25.3 Å². The Morgan fingerprint density at radius 3 is 2.18 bits per heavy atom. The molecular weight excluding hydrogens is 132 g/mol. The van der Waals surface area contributed by atoms with Crippen LogP contribution in [0.3, 0.4) is 0 Å². The third kappa shape index (κ3) is 4.83. The molecule has 0 aliphatic rings. The highest BCUT2D eigenvalue weighted by Gasteiger charge is 2.09. The fourth-order valence-corrected chi connectivity index (χ4v) is 1.27. The minimum atomic E-state index is 0.771. The second-order valence-corrected chi connectivity index (χ2v) is 3.39. The summed E-state index contributed by atoms with van der Waals surface area (Å²) in [5.41, 5.74) is 0. The fourth-order valence-electron chi connectivity index (χ4n) is 1.27. The molecule has 0 rings (SSSR count). The van der Waals surface area contributed by atoms with Gasteiger partial charge in [0.1, 0.15) is 0 Å². The second kappa shape index (κ2) is 6.21. The van der Waals surface area contributed by atoms with E-state index < -0.39 is 0 Å². The molecule has 0 aromatic rings. The molecule has 0 aromatic heterocycles. The Balaban J connectivity index is 3.68. The summed E-state index contributed by atoms with van der Waals surface area (Å²) >= 11 is 0. The van der Waals surface area contributed by atoms with Crippen LogP contribution in [0.2, 0.25) is 0 Å². The van der Waals surface area contributed by atoms with Crippen molar-refractivity contribution in [1.82, 2.24) is 0 Å². The zero-order chi connectivity index (χ0) is 8.69. The fraction of sp³-hybridized carbons (Fsp3) is 0.636. The first-order chi connectivity index (χ1) is 5.22. The molecule has 0 unspecified atom stereocenters. The van der Waals surface area contributed by atoms with Gasteiger partial charge in [0.15, 0.2) is 0 Å². The highest BCUT2D eigenvalue weighted by atomic mass is 14.1. The Morgan fingerprint density at radius 2 is 1.82 bits per heavy atom. The van der Waals surface area contributed by atoms with E-state index in [2.05, 4.69) is 27.0 Å². The molecule has 0 amide bonds. The van der Waals surface area contributed by atoms with E-state index >= 15 is 0 Å². The van der Waals surface area contributed by atoms with Crippen molar-refractivity contribution in [1.29, 1.82) is 0 Å². The van der Waals surface area contributed by atoms with E-state index in [0.29, 0.717) is 0 Å². The highest BCUT2D eigenvalue weighted by Crippen LogP contribution is 2.21. The van der Waals surface area contributed by atoms with Gasteiger partial charge in [-0.1, -0.05) is 26.0 Å². The molecule has 0 saturated carbocycles. The van der Waals surface area contributed by atoms with Crippen molar-refractivity contribution in [2.75, 3.05) is 0 Å². The molecular formula is C11H20. The smallest absolute Gasteiger partial charge is 0.0322 e. The Morgan fingerprint density at radius 1 is 1.18 bits per heavy atom. The van der Waals surface area contributed by atoms with E-state index in [0.717, 1.165) is 24.7 Å². The summed E-state index contributed by atoms with van der Waals surface area (Å²) in [6.45, 7) is 12.0. The summed E-state index contributed by atoms with van der Waals surface area (Å²) < 4.78 is 0. The summed E-state index contributed by atoms with van der Waals surface area (Å²) in [5.74, 6) is 1.57. The summed E-state index contributed by atoms with van der Waals surface area (Å²) in [7, 11) is 0. The van der Waals surface area contributed by atoms with Crippen molar-refractivity contribution < 1.29 is 0 Å². The Hall–Kier alpha value is -0.520. The van der Waals surface area contributed by atoms with Gasteiger partial charge in [-0.3, -0.25) is 0 Å². The van der Waals surface area contributed by atoms with Gasteiger partial charge in [-0.05, 0) is 31.1 Å². The molecule has 0 N–H and O–H groups in total. The first kappa shape index (κ1) is 10.5. The normalized spacial score (nSPS) is 13.0. The van der Waals surface area contributed by atoms with Gasteiger partial charge in [0.2, 0.25) is 0 Å². The van der Waals surface area contributed by atoms with E-state index in [-0.39, 0.29) is 0 Å². The van der Waals surface area contributed by atoms with Crippen molar-refractivity contribution in [3.8, 4) is 0 Å². The van der Waals surface area contributed by atoms with E-state index in [1.165, 1.54) is 6.42 Å². The zero-order valence-corrected chi connectivity index (χ0v) is 7.84. The number of hydrogen-bond donors (Lipinski definition) is 0. The van der Waals surface area contributed by atoms with Crippen LogP contribution in [0.5, 0.6) is 0 Å². The summed E-state index contributed by atoms with van der Waals surface area (Å²) in [5, 5.41) is 0. The molecule has 0 aliphatic heterocycles. The topological polar surface area (TPSA) is 0 Å². The van der Waals surface area contributed by atoms with Crippen LogP contribution >= 0.6 is 0 Å². The van der Waals surface area contributed by atoms with Crippen LogP contribution in [0.1, 0.15) is 33.1 Å². The van der Waals surface area contributed by atoms with Crippen molar-refractivity contribution >= 4 is 0 Å². The van der Waals surface area contributed by atoms with Gasteiger partial charge in [-0.15, -0.1) is 13.2 Å². The molecule has 0 saturated heterocycles. The van der Waals surface area contributed by atoms with Gasteiger partial charge in [-0.25, -0.2) is 0 Å². The van der Waals surface area contributed by atoms with Crippen LogP contribution < -0.4 is 0 Å². The van der Waals surface area contributed by atoms with Gasteiger partial charge in [0.25, 0.3) is 0 Å². The van der Waals surface area contributed by atoms with Gasteiger partial charge < -0.3 is 0 Å². The minimum Gasteiger partial charge on any atom is -0.103 e. The van der Waals surface area contributed by atoms with Crippen LogP contribution in [0.15, 0.2) is 25.3 Å². The Labute approximate surface area is 71.0 Å². The standard InChI is InChI=1S/C11H20/c1-5-7-9-11(8-6-2)10(3)4/h5-6,10-11H,1-2,7-9H2,3-4H3/t11-/m1/s1. The van der Waals surface area contributed by atoms with E-state index in [1.807, 2.05) is 12.2 Å². The third-order valence-electron chi connectivity index (χ3n) is 2.15. The molecule has 0 fully saturated rings. The maximum atomic E-state index is 3.77. The van der Waals surface area contributed by atoms with Crippen LogP contribution in [-0.2, 0) is 0 Å². The average molecular weight is 152 g/mol. The molecule has 11 heavy (non-hydrogen) atoms. The summed E-state index contributed by atoms with van der Waals surface area (Å²) in [6, 6.07) is 0. The summed E-state index contributed by atoms with van der Waals surface area (Å²) in [4.78, 5) is 0. The van der Waals surface area contributed by atoms with Crippen molar-refractivity contribution in [2.45, 2.75) is 33.1 Å². The Kier molecular flexibility index (Phi) is 5.91. The Bertz CT molecular complexity index is 111. The second-order valence-electron chi connectivity index (χ2n) is 3.39. The predicted molar refractivity (Wildman–Crippen MR) is 52.6 cm³/mol.